The van der Waals surface area contributed by atoms with Gasteiger partial charge in [0.05, 0.1) is 0 Å². The van der Waals surface area contributed by atoms with Gasteiger partial charge in [-0.1, -0.05) is 54.6 Å². The van der Waals surface area contributed by atoms with Gasteiger partial charge in [-0.25, -0.2) is 4.79 Å². The van der Waals surface area contributed by atoms with Crippen LogP contribution in [0.5, 0.6) is 0 Å². The van der Waals surface area contributed by atoms with Crippen molar-refractivity contribution >= 4 is 17.9 Å². The Morgan fingerprint density at radius 1 is 0.933 bits per heavy atom. The molecule has 0 bridgehead atoms. The van der Waals surface area contributed by atoms with Crippen molar-refractivity contribution in [3.63, 3.8) is 0 Å². The highest BCUT2D eigenvalue weighted by Gasteiger charge is 2.46. The summed E-state index contributed by atoms with van der Waals surface area (Å²) in [6.45, 7) is 1.15. The van der Waals surface area contributed by atoms with Crippen molar-refractivity contribution in [3.05, 3.63) is 71.3 Å². The number of carbonyl (C=O) groups excluding carboxylic acids is 3. The van der Waals surface area contributed by atoms with Gasteiger partial charge in [0.15, 0.2) is 0 Å². The molecule has 0 spiro atoms. The third-order valence-corrected chi connectivity index (χ3v) is 5.86. The van der Waals surface area contributed by atoms with E-state index in [9.17, 15) is 14.4 Å². The van der Waals surface area contributed by atoms with Gasteiger partial charge in [0.25, 0.3) is 0 Å². The number of amides is 3. The number of ether oxygens (including phenoxy) is 1. The first-order chi connectivity index (χ1) is 14.5. The SMILES string of the molecule is NC(=O)[C@@H]1CC[C@H](C(=O)N2CCc3ccccc3C2)N1C(=O)OCc1ccccc1. The molecule has 1 fully saturated rings. The first-order valence-corrected chi connectivity index (χ1v) is 10.2. The van der Waals surface area contributed by atoms with Crippen LogP contribution in [0.2, 0.25) is 0 Å². The smallest absolute Gasteiger partial charge is 0.411 e. The molecule has 156 valence electrons. The molecule has 2 N–H and O–H groups in total. The molecule has 2 heterocycles. The number of rotatable bonds is 4. The fourth-order valence-corrected chi connectivity index (χ4v) is 4.28. The Labute approximate surface area is 175 Å². The monoisotopic (exact) mass is 407 g/mol. The summed E-state index contributed by atoms with van der Waals surface area (Å²) in [5, 5.41) is 0. The third-order valence-electron chi connectivity index (χ3n) is 5.86. The van der Waals surface area contributed by atoms with Gasteiger partial charge in [0.2, 0.25) is 11.8 Å². The molecule has 2 aromatic carbocycles. The molecule has 0 aromatic heterocycles. The Balaban J connectivity index is 1.49. The minimum atomic E-state index is -0.834. The van der Waals surface area contributed by atoms with Crippen molar-refractivity contribution in [3.8, 4) is 0 Å². The van der Waals surface area contributed by atoms with Crippen LogP contribution < -0.4 is 5.73 Å². The zero-order chi connectivity index (χ0) is 21.1. The van der Waals surface area contributed by atoms with E-state index in [4.69, 9.17) is 10.5 Å². The van der Waals surface area contributed by atoms with E-state index in [0.717, 1.165) is 17.5 Å². The summed E-state index contributed by atoms with van der Waals surface area (Å²) in [5.74, 6) is -0.782. The topological polar surface area (TPSA) is 92.9 Å². The lowest BCUT2D eigenvalue weighted by molar-refractivity contribution is -0.137. The number of hydrogen-bond acceptors (Lipinski definition) is 4. The van der Waals surface area contributed by atoms with E-state index in [2.05, 4.69) is 6.07 Å². The minimum Gasteiger partial charge on any atom is -0.445 e. The number of carbonyl (C=O) groups is 3. The summed E-state index contributed by atoms with van der Waals surface area (Å²) >= 11 is 0. The Morgan fingerprint density at radius 3 is 2.33 bits per heavy atom. The second-order valence-corrected chi connectivity index (χ2v) is 7.74. The van der Waals surface area contributed by atoms with E-state index in [1.54, 1.807) is 4.90 Å². The minimum absolute atomic E-state index is 0.0691. The molecule has 4 rings (SSSR count). The van der Waals surface area contributed by atoms with Crippen LogP contribution in [-0.4, -0.2) is 46.3 Å². The zero-order valence-electron chi connectivity index (χ0n) is 16.7. The maximum atomic E-state index is 13.3. The normalized spacial score (nSPS) is 20.5. The van der Waals surface area contributed by atoms with Crippen LogP contribution in [-0.2, 0) is 33.9 Å². The number of fused-ring (bicyclic) bond motifs is 1. The fourth-order valence-electron chi connectivity index (χ4n) is 4.28. The van der Waals surface area contributed by atoms with Crippen LogP contribution in [0.4, 0.5) is 4.79 Å². The van der Waals surface area contributed by atoms with Gasteiger partial charge in [0, 0.05) is 13.1 Å². The summed E-state index contributed by atoms with van der Waals surface area (Å²) in [7, 11) is 0. The van der Waals surface area contributed by atoms with E-state index >= 15 is 0 Å². The average Bonchev–Trinajstić information content (AvgIpc) is 3.23. The van der Waals surface area contributed by atoms with E-state index in [-0.39, 0.29) is 12.5 Å². The third kappa shape index (κ3) is 4.01. The zero-order valence-corrected chi connectivity index (χ0v) is 16.7. The quantitative estimate of drug-likeness (QED) is 0.841. The Bertz CT molecular complexity index is 946. The predicted molar refractivity (Wildman–Crippen MR) is 110 cm³/mol. The number of primary amides is 1. The molecule has 7 heteroatoms. The lowest BCUT2D eigenvalue weighted by Crippen LogP contribution is -2.53. The molecule has 30 heavy (non-hydrogen) atoms. The Kier molecular flexibility index (Phi) is 5.70. The van der Waals surface area contributed by atoms with Crippen LogP contribution in [0.1, 0.15) is 29.5 Å². The van der Waals surface area contributed by atoms with Crippen molar-refractivity contribution in [1.29, 1.82) is 0 Å². The number of hydrogen-bond donors (Lipinski definition) is 1. The van der Waals surface area contributed by atoms with Crippen LogP contribution in [0, 0.1) is 0 Å². The largest absolute Gasteiger partial charge is 0.445 e. The summed E-state index contributed by atoms with van der Waals surface area (Å²) in [5.41, 5.74) is 8.70. The summed E-state index contributed by atoms with van der Waals surface area (Å²) in [4.78, 5) is 41.1. The maximum Gasteiger partial charge on any atom is 0.411 e. The first-order valence-electron chi connectivity index (χ1n) is 10.2. The van der Waals surface area contributed by atoms with Crippen molar-refractivity contribution in [2.75, 3.05) is 6.54 Å². The van der Waals surface area contributed by atoms with Gasteiger partial charge in [-0.15, -0.1) is 0 Å². The van der Waals surface area contributed by atoms with Gasteiger partial charge in [-0.3, -0.25) is 14.5 Å². The van der Waals surface area contributed by atoms with Crippen molar-refractivity contribution in [1.82, 2.24) is 9.80 Å². The molecule has 0 saturated carbocycles. The molecule has 7 nitrogen and oxygen atoms in total. The second-order valence-electron chi connectivity index (χ2n) is 7.74. The molecule has 0 radical (unpaired) electrons. The van der Waals surface area contributed by atoms with E-state index in [1.165, 1.54) is 10.5 Å². The van der Waals surface area contributed by atoms with E-state index in [1.807, 2.05) is 48.5 Å². The molecule has 2 aromatic rings. The average molecular weight is 407 g/mol. The highest BCUT2D eigenvalue weighted by Crippen LogP contribution is 2.29. The summed E-state index contributed by atoms with van der Waals surface area (Å²) < 4.78 is 5.42. The van der Waals surface area contributed by atoms with Crippen LogP contribution >= 0.6 is 0 Å². The fraction of sp³-hybridized carbons (Fsp3) is 0.348. The van der Waals surface area contributed by atoms with Gasteiger partial charge in [0.1, 0.15) is 18.7 Å². The second kappa shape index (κ2) is 8.57. The van der Waals surface area contributed by atoms with Gasteiger partial charge < -0.3 is 15.4 Å². The molecule has 2 atom stereocenters. The van der Waals surface area contributed by atoms with E-state index in [0.29, 0.717) is 25.9 Å². The standard InChI is InChI=1S/C23H25N3O4/c24-21(27)19-10-11-20(26(19)23(29)30-15-16-6-2-1-3-7-16)22(28)25-13-12-17-8-4-5-9-18(17)14-25/h1-9,19-20H,10-15H2,(H2,24,27)/t19-,20+/m0/s1. The number of benzene rings is 2. The highest BCUT2D eigenvalue weighted by atomic mass is 16.6. The molecule has 0 aliphatic carbocycles. The summed E-state index contributed by atoms with van der Waals surface area (Å²) in [6.07, 6.45) is 0.837. The molecule has 2 aliphatic heterocycles. The van der Waals surface area contributed by atoms with E-state index < -0.39 is 24.1 Å². The van der Waals surface area contributed by atoms with Crippen molar-refractivity contribution in [2.24, 2.45) is 5.73 Å². The van der Waals surface area contributed by atoms with Gasteiger partial charge in [-0.2, -0.15) is 0 Å². The predicted octanol–water partition coefficient (Wildman–Crippen LogP) is 2.23. The molecule has 1 saturated heterocycles. The van der Waals surface area contributed by atoms with Crippen molar-refractivity contribution in [2.45, 2.75) is 44.5 Å². The van der Waals surface area contributed by atoms with Crippen LogP contribution in [0.3, 0.4) is 0 Å². The lowest BCUT2D eigenvalue weighted by atomic mass is 9.99. The summed E-state index contributed by atoms with van der Waals surface area (Å²) in [6, 6.07) is 15.7. The molecule has 2 aliphatic rings. The van der Waals surface area contributed by atoms with Crippen LogP contribution in [0.25, 0.3) is 0 Å². The lowest BCUT2D eigenvalue weighted by Gasteiger charge is -2.34. The number of nitrogens with two attached hydrogens (primary N) is 1. The van der Waals surface area contributed by atoms with Gasteiger partial charge in [-0.05, 0) is 36.0 Å². The maximum absolute atomic E-state index is 13.3. The molecular formula is C23H25N3O4. The number of nitrogens with zero attached hydrogens (tertiary/aromatic N) is 2. The van der Waals surface area contributed by atoms with Crippen LogP contribution in [0.15, 0.2) is 54.6 Å². The molecule has 0 unspecified atom stereocenters. The number of likely N-dealkylation sites (tertiary alicyclic amines) is 1. The Hall–Kier alpha value is -3.35. The first kappa shape index (κ1) is 19.9. The molecule has 3 amide bonds. The molecular weight excluding hydrogens is 382 g/mol. The van der Waals surface area contributed by atoms with Gasteiger partial charge >= 0.3 is 6.09 Å². The highest BCUT2D eigenvalue weighted by molar-refractivity contribution is 5.91. The Morgan fingerprint density at radius 2 is 1.60 bits per heavy atom. The van der Waals surface area contributed by atoms with Crippen molar-refractivity contribution < 1.29 is 19.1 Å².